The van der Waals surface area contributed by atoms with Crippen molar-refractivity contribution in [2.45, 2.75) is 25.1 Å². The van der Waals surface area contributed by atoms with E-state index in [1.54, 1.807) is 0 Å². The number of carbonyl (C=O) groups is 2. The predicted molar refractivity (Wildman–Crippen MR) is 58.2 cm³/mol. The van der Waals surface area contributed by atoms with Crippen molar-refractivity contribution >= 4 is 11.8 Å². The van der Waals surface area contributed by atoms with Crippen LogP contribution in [0.5, 0.6) is 5.75 Å². The Labute approximate surface area is 106 Å². The van der Waals surface area contributed by atoms with Crippen LogP contribution in [-0.2, 0) is 9.59 Å². The fourth-order valence-electron chi connectivity index (χ4n) is 1.98. The molecule has 0 aliphatic carbocycles. The summed E-state index contributed by atoms with van der Waals surface area (Å²) >= 11 is 0. The molecule has 2 amide bonds. The summed E-state index contributed by atoms with van der Waals surface area (Å²) in [5, 5.41) is 2.10. The average Bonchev–Trinajstić information content (AvgIpc) is 2.28. The number of nitrogens with one attached hydrogen (secondary N) is 1. The Morgan fingerprint density at radius 2 is 1.89 bits per heavy atom. The highest BCUT2D eigenvalue weighted by atomic mass is 19.4. The molecule has 1 N–H and O–H groups in total. The third-order valence-electron chi connectivity index (χ3n) is 2.76. The van der Waals surface area contributed by atoms with Crippen LogP contribution in [0.15, 0.2) is 24.3 Å². The van der Waals surface area contributed by atoms with Gasteiger partial charge in [-0.15, -0.1) is 13.2 Å². The molecule has 1 aromatic rings. The number of alkyl halides is 3. The highest BCUT2D eigenvalue weighted by Gasteiger charge is 2.35. The largest absolute Gasteiger partial charge is 0.573 e. The number of ether oxygens (including phenoxy) is 1. The predicted octanol–water partition coefficient (Wildman–Crippen LogP) is 2.11. The van der Waals surface area contributed by atoms with Crippen LogP contribution in [0.2, 0.25) is 0 Å². The molecule has 1 aromatic carbocycles. The first-order valence-corrected chi connectivity index (χ1v) is 5.55. The molecule has 1 atom stereocenters. The van der Waals surface area contributed by atoms with Crippen LogP contribution in [0.1, 0.15) is 24.3 Å². The molecule has 1 aliphatic heterocycles. The minimum absolute atomic E-state index is 0.0940. The van der Waals surface area contributed by atoms with Gasteiger partial charge < -0.3 is 4.74 Å². The van der Waals surface area contributed by atoms with Crippen molar-refractivity contribution in [1.29, 1.82) is 0 Å². The number of piperidine rings is 1. The van der Waals surface area contributed by atoms with Crippen LogP contribution in [0, 0.1) is 0 Å². The maximum Gasteiger partial charge on any atom is 0.573 e. The van der Waals surface area contributed by atoms with E-state index in [1.807, 2.05) is 0 Å². The van der Waals surface area contributed by atoms with Gasteiger partial charge in [-0.1, -0.05) is 18.2 Å². The molecule has 0 saturated carbocycles. The van der Waals surface area contributed by atoms with E-state index >= 15 is 0 Å². The fourth-order valence-corrected chi connectivity index (χ4v) is 1.98. The quantitative estimate of drug-likeness (QED) is 0.839. The molecule has 1 aliphatic rings. The number of hydrogen-bond acceptors (Lipinski definition) is 3. The number of imide groups is 1. The van der Waals surface area contributed by atoms with Crippen LogP contribution in [0.3, 0.4) is 0 Å². The summed E-state index contributed by atoms with van der Waals surface area (Å²) in [6.07, 6.45) is -4.56. The molecular formula is C12H10F3NO3. The lowest BCUT2D eigenvalue weighted by atomic mass is 9.90. The van der Waals surface area contributed by atoms with Crippen LogP contribution in [0.4, 0.5) is 13.2 Å². The van der Waals surface area contributed by atoms with Crippen molar-refractivity contribution in [2.24, 2.45) is 0 Å². The summed E-state index contributed by atoms with van der Waals surface area (Å²) in [6, 6.07) is 5.44. The summed E-state index contributed by atoms with van der Waals surface area (Å²) < 4.78 is 40.7. The van der Waals surface area contributed by atoms with E-state index in [1.165, 1.54) is 18.2 Å². The zero-order chi connectivity index (χ0) is 14.0. The van der Waals surface area contributed by atoms with Crippen molar-refractivity contribution in [3.8, 4) is 5.75 Å². The zero-order valence-corrected chi connectivity index (χ0v) is 9.66. The molecule has 1 saturated heterocycles. The number of hydrogen-bond donors (Lipinski definition) is 1. The molecule has 102 valence electrons. The van der Waals surface area contributed by atoms with Gasteiger partial charge in [-0.3, -0.25) is 14.9 Å². The molecule has 4 nitrogen and oxygen atoms in total. The Kier molecular flexibility index (Phi) is 3.46. The third-order valence-corrected chi connectivity index (χ3v) is 2.76. The SMILES string of the molecule is O=C1CCC(c2ccccc2OC(F)(F)F)C(=O)N1. The van der Waals surface area contributed by atoms with Crippen LogP contribution in [0.25, 0.3) is 0 Å². The number of carbonyl (C=O) groups excluding carboxylic acids is 2. The van der Waals surface area contributed by atoms with Gasteiger partial charge >= 0.3 is 6.36 Å². The number of benzene rings is 1. The topological polar surface area (TPSA) is 55.4 Å². The zero-order valence-electron chi connectivity index (χ0n) is 9.66. The molecule has 0 spiro atoms. The fraction of sp³-hybridized carbons (Fsp3) is 0.333. The van der Waals surface area contributed by atoms with E-state index in [-0.39, 0.29) is 18.4 Å². The smallest absolute Gasteiger partial charge is 0.405 e. The summed E-state index contributed by atoms with van der Waals surface area (Å²) in [4.78, 5) is 22.7. The Morgan fingerprint density at radius 1 is 1.21 bits per heavy atom. The van der Waals surface area contributed by atoms with Crippen molar-refractivity contribution in [2.75, 3.05) is 0 Å². The second-order valence-corrected chi connectivity index (χ2v) is 4.09. The highest BCUT2D eigenvalue weighted by molar-refractivity contribution is 6.01. The summed E-state index contributed by atoms with van der Waals surface area (Å²) in [7, 11) is 0. The second-order valence-electron chi connectivity index (χ2n) is 4.09. The summed E-state index contributed by atoms with van der Waals surface area (Å²) in [5.74, 6) is -2.24. The molecular weight excluding hydrogens is 263 g/mol. The van der Waals surface area contributed by atoms with Crippen molar-refractivity contribution in [3.63, 3.8) is 0 Å². The first-order valence-electron chi connectivity index (χ1n) is 5.55. The number of rotatable bonds is 2. The van der Waals surface area contributed by atoms with E-state index in [2.05, 4.69) is 10.1 Å². The molecule has 7 heteroatoms. The van der Waals surface area contributed by atoms with Gasteiger partial charge in [0, 0.05) is 12.0 Å². The van der Waals surface area contributed by atoms with Gasteiger partial charge in [-0.05, 0) is 12.5 Å². The molecule has 0 aromatic heterocycles. The first-order chi connectivity index (χ1) is 8.87. The van der Waals surface area contributed by atoms with Crippen LogP contribution in [-0.4, -0.2) is 18.2 Å². The second kappa shape index (κ2) is 4.91. The van der Waals surface area contributed by atoms with Gasteiger partial charge in [-0.25, -0.2) is 0 Å². The Balaban J connectivity index is 2.29. The number of amides is 2. The van der Waals surface area contributed by atoms with Gasteiger partial charge in [0.15, 0.2) is 0 Å². The normalized spacial score (nSPS) is 20.1. The average molecular weight is 273 g/mol. The van der Waals surface area contributed by atoms with Gasteiger partial charge in [0.1, 0.15) is 5.75 Å². The van der Waals surface area contributed by atoms with Crippen LogP contribution >= 0.6 is 0 Å². The summed E-state index contributed by atoms with van der Waals surface area (Å²) in [5.41, 5.74) is 0.129. The molecule has 1 heterocycles. The number of halogens is 3. The Hall–Kier alpha value is -2.05. The molecule has 1 unspecified atom stereocenters. The minimum Gasteiger partial charge on any atom is -0.405 e. The van der Waals surface area contributed by atoms with E-state index < -0.39 is 29.8 Å². The van der Waals surface area contributed by atoms with Crippen molar-refractivity contribution in [3.05, 3.63) is 29.8 Å². The van der Waals surface area contributed by atoms with Gasteiger partial charge in [0.05, 0.1) is 5.92 Å². The van der Waals surface area contributed by atoms with Crippen LogP contribution < -0.4 is 10.1 Å². The van der Waals surface area contributed by atoms with Crippen molar-refractivity contribution < 1.29 is 27.5 Å². The maximum atomic E-state index is 12.3. The van der Waals surface area contributed by atoms with Crippen molar-refractivity contribution in [1.82, 2.24) is 5.32 Å². The molecule has 0 bridgehead atoms. The third kappa shape index (κ3) is 3.24. The van der Waals surface area contributed by atoms with E-state index in [0.717, 1.165) is 6.07 Å². The first kappa shape index (κ1) is 13.4. The Bertz CT molecular complexity index is 513. The molecule has 1 fully saturated rings. The van der Waals surface area contributed by atoms with E-state index in [4.69, 9.17) is 0 Å². The standard InChI is InChI=1S/C12H10F3NO3/c13-12(14,15)19-9-4-2-1-3-7(9)8-5-6-10(17)16-11(8)18/h1-4,8H,5-6H2,(H,16,17,18). The number of para-hydroxylation sites is 1. The lowest BCUT2D eigenvalue weighted by molar-refractivity contribution is -0.275. The lowest BCUT2D eigenvalue weighted by Gasteiger charge is -2.23. The molecule has 0 radical (unpaired) electrons. The van der Waals surface area contributed by atoms with Gasteiger partial charge in [0.25, 0.3) is 0 Å². The lowest BCUT2D eigenvalue weighted by Crippen LogP contribution is -2.39. The van der Waals surface area contributed by atoms with Gasteiger partial charge in [-0.2, -0.15) is 0 Å². The molecule has 19 heavy (non-hydrogen) atoms. The monoisotopic (exact) mass is 273 g/mol. The van der Waals surface area contributed by atoms with E-state index in [0.29, 0.717) is 0 Å². The van der Waals surface area contributed by atoms with E-state index in [9.17, 15) is 22.8 Å². The maximum absolute atomic E-state index is 12.3. The molecule has 2 rings (SSSR count). The highest BCUT2D eigenvalue weighted by Crippen LogP contribution is 2.34. The van der Waals surface area contributed by atoms with Gasteiger partial charge in [0.2, 0.25) is 11.8 Å². The Morgan fingerprint density at radius 3 is 2.53 bits per heavy atom. The minimum atomic E-state index is -4.82. The summed E-state index contributed by atoms with van der Waals surface area (Å²) in [6.45, 7) is 0.